The van der Waals surface area contributed by atoms with E-state index in [1.54, 1.807) is 12.1 Å². The van der Waals surface area contributed by atoms with E-state index in [2.05, 4.69) is 0 Å². The molecule has 2 aromatic rings. The van der Waals surface area contributed by atoms with Gasteiger partial charge in [-0.05, 0) is 37.1 Å². The molecule has 1 fully saturated rings. The van der Waals surface area contributed by atoms with Gasteiger partial charge in [0, 0.05) is 17.7 Å². The molecule has 0 saturated carbocycles. The fourth-order valence-electron chi connectivity index (χ4n) is 4.02. The monoisotopic (exact) mass is 467 g/mol. The summed E-state index contributed by atoms with van der Waals surface area (Å²) in [6.07, 6.45) is 4.38. The zero-order valence-electron chi connectivity index (χ0n) is 17.2. The van der Waals surface area contributed by atoms with E-state index in [1.165, 1.54) is 36.4 Å². The van der Waals surface area contributed by atoms with Crippen molar-refractivity contribution in [1.29, 1.82) is 0 Å². The van der Waals surface area contributed by atoms with Crippen molar-refractivity contribution in [3.63, 3.8) is 0 Å². The number of hydrogen-bond donors (Lipinski definition) is 0. The van der Waals surface area contributed by atoms with Crippen molar-refractivity contribution in [3.8, 4) is 0 Å². The summed E-state index contributed by atoms with van der Waals surface area (Å²) in [5.41, 5.74) is -0.0722. The number of nitrogens with zero attached hydrogens (tertiary/aromatic N) is 3. The minimum Gasteiger partial charge on any atom is -0.292 e. The Morgan fingerprint density at radius 1 is 1.00 bits per heavy atom. The van der Waals surface area contributed by atoms with Gasteiger partial charge in [0.1, 0.15) is 6.54 Å². The SMILES string of the molecule is O=C(CN(C(=O)c1ccccc1Cl)N1C(=O)C2CC=CCC2C1=O)c1ccc([N+](=O)[O-])cc1. The van der Waals surface area contributed by atoms with Crippen LogP contribution in [0.4, 0.5) is 5.69 Å². The van der Waals surface area contributed by atoms with E-state index < -0.39 is 46.8 Å². The molecule has 2 atom stereocenters. The Morgan fingerprint density at radius 2 is 1.58 bits per heavy atom. The van der Waals surface area contributed by atoms with Crippen molar-refractivity contribution < 1.29 is 24.1 Å². The van der Waals surface area contributed by atoms with Gasteiger partial charge in [-0.25, -0.2) is 5.01 Å². The third kappa shape index (κ3) is 4.14. The largest absolute Gasteiger partial charge is 0.292 e. The second-order valence-electron chi connectivity index (χ2n) is 7.71. The molecule has 1 saturated heterocycles. The summed E-state index contributed by atoms with van der Waals surface area (Å²) in [4.78, 5) is 62.9. The smallest absolute Gasteiger partial charge is 0.274 e. The number of Topliss-reactive ketones (excluding diaryl/α,β-unsaturated/α-hetero) is 1. The minimum atomic E-state index is -0.774. The molecule has 2 aromatic carbocycles. The molecule has 1 aliphatic carbocycles. The molecule has 0 radical (unpaired) electrons. The molecular weight excluding hydrogens is 450 g/mol. The summed E-state index contributed by atoms with van der Waals surface area (Å²) < 4.78 is 0. The van der Waals surface area contributed by atoms with Gasteiger partial charge < -0.3 is 0 Å². The molecule has 0 aromatic heterocycles. The van der Waals surface area contributed by atoms with E-state index in [4.69, 9.17) is 11.6 Å². The highest BCUT2D eigenvalue weighted by molar-refractivity contribution is 6.34. The molecule has 10 heteroatoms. The van der Waals surface area contributed by atoms with Gasteiger partial charge in [-0.2, -0.15) is 5.01 Å². The van der Waals surface area contributed by atoms with Crippen molar-refractivity contribution in [3.05, 3.63) is 86.9 Å². The molecule has 2 aliphatic rings. The number of halogens is 1. The second kappa shape index (κ2) is 8.95. The Kier molecular flexibility index (Phi) is 6.06. The van der Waals surface area contributed by atoms with Crippen LogP contribution in [-0.4, -0.2) is 45.0 Å². The van der Waals surface area contributed by atoms with Crippen LogP contribution in [0.5, 0.6) is 0 Å². The molecule has 168 valence electrons. The van der Waals surface area contributed by atoms with Crippen LogP contribution in [0, 0.1) is 22.0 Å². The molecule has 1 heterocycles. The lowest BCUT2D eigenvalue weighted by molar-refractivity contribution is -0.384. The summed E-state index contributed by atoms with van der Waals surface area (Å²) in [6, 6.07) is 11.0. The number of amides is 3. The number of carbonyl (C=O) groups excluding carboxylic acids is 4. The van der Waals surface area contributed by atoms with E-state index in [1.807, 2.05) is 12.2 Å². The quantitative estimate of drug-likeness (QED) is 0.211. The fraction of sp³-hybridized carbons (Fsp3) is 0.217. The molecule has 0 spiro atoms. The van der Waals surface area contributed by atoms with Gasteiger partial charge >= 0.3 is 0 Å². The average molecular weight is 468 g/mol. The van der Waals surface area contributed by atoms with Crippen molar-refractivity contribution in [2.75, 3.05) is 6.54 Å². The number of non-ortho nitro benzene ring substituents is 1. The standard InChI is InChI=1S/C23H18ClN3O6/c24-19-8-4-3-7-18(19)21(29)25(13-20(28)14-9-11-15(12-10-14)27(32)33)26-22(30)16-5-1-2-6-17(16)23(26)31/h1-4,7-12,16-17H,5-6,13H2. The second-order valence-corrected chi connectivity index (χ2v) is 8.12. The molecule has 0 N–H and O–H groups in total. The van der Waals surface area contributed by atoms with Gasteiger partial charge in [-0.3, -0.25) is 29.3 Å². The zero-order valence-corrected chi connectivity index (χ0v) is 18.0. The van der Waals surface area contributed by atoms with Crippen LogP contribution in [0.3, 0.4) is 0 Å². The lowest BCUT2D eigenvalue weighted by atomic mass is 9.85. The van der Waals surface area contributed by atoms with Gasteiger partial charge in [0.2, 0.25) is 0 Å². The fourth-order valence-corrected chi connectivity index (χ4v) is 4.24. The summed E-state index contributed by atoms with van der Waals surface area (Å²) in [7, 11) is 0. The van der Waals surface area contributed by atoms with Crippen LogP contribution < -0.4 is 0 Å². The first-order chi connectivity index (χ1) is 15.8. The highest BCUT2D eigenvalue weighted by Gasteiger charge is 2.51. The predicted octanol–water partition coefficient (Wildman–Crippen LogP) is 3.44. The minimum absolute atomic E-state index is 0.0317. The van der Waals surface area contributed by atoms with E-state index >= 15 is 0 Å². The van der Waals surface area contributed by atoms with Crippen molar-refractivity contribution >= 4 is 40.8 Å². The van der Waals surface area contributed by atoms with Gasteiger partial charge in [0.25, 0.3) is 23.4 Å². The number of hydrogen-bond acceptors (Lipinski definition) is 6. The van der Waals surface area contributed by atoms with Crippen molar-refractivity contribution in [2.24, 2.45) is 11.8 Å². The molecule has 33 heavy (non-hydrogen) atoms. The van der Waals surface area contributed by atoms with Crippen molar-refractivity contribution in [1.82, 2.24) is 10.0 Å². The third-order valence-electron chi connectivity index (χ3n) is 5.76. The van der Waals surface area contributed by atoms with Crippen molar-refractivity contribution in [2.45, 2.75) is 12.8 Å². The topological polar surface area (TPSA) is 118 Å². The number of fused-ring (bicyclic) bond motifs is 1. The number of rotatable bonds is 6. The van der Waals surface area contributed by atoms with Crippen LogP contribution in [0.2, 0.25) is 5.02 Å². The number of ketones is 1. The summed E-state index contributed by atoms with van der Waals surface area (Å²) >= 11 is 6.17. The summed E-state index contributed by atoms with van der Waals surface area (Å²) in [6.45, 7) is -0.619. The van der Waals surface area contributed by atoms with Gasteiger partial charge in [-0.15, -0.1) is 0 Å². The van der Waals surface area contributed by atoms with E-state index in [0.717, 1.165) is 10.0 Å². The Labute approximate surface area is 193 Å². The lowest BCUT2D eigenvalue weighted by Crippen LogP contribution is -2.52. The van der Waals surface area contributed by atoms with E-state index in [-0.39, 0.29) is 21.8 Å². The Balaban J connectivity index is 1.69. The Bertz CT molecular complexity index is 1170. The Hall–Kier alpha value is -3.85. The van der Waals surface area contributed by atoms with Gasteiger partial charge in [-0.1, -0.05) is 35.9 Å². The number of imide groups is 1. The first-order valence-corrected chi connectivity index (χ1v) is 10.5. The number of hydrazine groups is 1. The van der Waals surface area contributed by atoms with Gasteiger partial charge in [0.05, 0.1) is 27.3 Å². The van der Waals surface area contributed by atoms with Crippen LogP contribution in [-0.2, 0) is 9.59 Å². The molecule has 4 rings (SSSR count). The van der Waals surface area contributed by atoms with Crippen LogP contribution in [0.15, 0.2) is 60.7 Å². The van der Waals surface area contributed by atoms with Crippen LogP contribution in [0.1, 0.15) is 33.6 Å². The van der Waals surface area contributed by atoms with Crippen LogP contribution >= 0.6 is 11.6 Å². The number of allylic oxidation sites excluding steroid dienone is 2. The van der Waals surface area contributed by atoms with E-state index in [0.29, 0.717) is 12.8 Å². The number of carbonyl (C=O) groups is 4. The van der Waals surface area contributed by atoms with E-state index in [9.17, 15) is 29.3 Å². The summed E-state index contributed by atoms with van der Waals surface area (Å²) in [5, 5.41) is 12.6. The van der Waals surface area contributed by atoms with Crippen LogP contribution in [0.25, 0.3) is 0 Å². The maximum absolute atomic E-state index is 13.4. The maximum Gasteiger partial charge on any atom is 0.274 e. The first-order valence-electron chi connectivity index (χ1n) is 10.2. The maximum atomic E-state index is 13.4. The Morgan fingerprint density at radius 3 is 2.12 bits per heavy atom. The zero-order chi connectivity index (χ0) is 23.7. The molecule has 1 aliphatic heterocycles. The molecule has 3 amide bonds. The first kappa shape index (κ1) is 22.3. The molecular formula is C23H18ClN3O6. The highest BCUT2D eigenvalue weighted by atomic mass is 35.5. The normalized spacial score (nSPS) is 19.4. The lowest BCUT2D eigenvalue weighted by Gasteiger charge is -2.30. The predicted molar refractivity (Wildman–Crippen MR) is 117 cm³/mol. The van der Waals surface area contributed by atoms with Gasteiger partial charge in [0.15, 0.2) is 5.78 Å². The molecule has 2 unspecified atom stereocenters. The average Bonchev–Trinajstić information content (AvgIpc) is 3.07. The number of nitro benzene ring substituents is 1. The number of nitro groups is 1. The summed E-state index contributed by atoms with van der Waals surface area (Å²) in [5.74, 6) is -3.67. The molecule has 0 bridgehead atoms. The third-order valence-corrected chi connectivity index (χ3v) is 6.09. The highest BCUT2D eigenvalue weighted by Crippen LogP contribution is 2.36. The number of benzene rings is 2. The molecule has 9 nitrogen and oxygen atoms in total.